The first-order valence-electron chi connectivity index (χ1n) is 8.36. The van der Waals surface area contributed by atoms with E-state index in [4.69, 9.17) is 11.6 Å². The number of aromatic nitrogens is 1. The molecule has 5 heteroatoms. The number of carbonyl (C=O) groups is 1. The highest BCUT2D eigenvalue weighted by Crippen LogP contribution is 2.20. The smallest absolute Gasteiger partial charge is 0.223 e. The summed E-state index contributed by atoms with van der Waals surface area (Å²) in [5.41, 5.74) is 2.04. The lowest BCUT2D eigenvalue weighted by molar-refractivity contribution is -0.126. The Kier molecular flexibility index (Phi) is 5.83. The van der Waals surface area contributed by atoms with Crippen LogP contribution in [-0.2, 0) is 17.9 Å². The van der Waals surface area contributed by atoms with Crippen molar-refractivity contribution in [1.82, 2.24) is 15.2 Å². The molecule has 0 radical (unpaired) electrons. The van der Waals surface area contributed by atoms with Gasteiger partial charge >= 0.3 is 0 Å². The first-order valence-corrected chi connectivity index (χ1v) is 8.73. The van der Waals surface area contributed by atoms with Crippen molar-refractivity contribution in [3.05, 3.63) is 64.9 Å². The standard InChI is InChI=1S/C19H22ClN3O/c20-18-7-2-1-5-16(18)13-22-19(24)15-8-11-23(12-9-15)14-17-6-3-4-10-21-17/h1-7,10,15H,8-9,11-14H2,(H,22,24). The van der Waals surface area contributed by atoms with Crippen LogP contribution in [0.1, 0.15) is 24.1 Å². The number of nitrogens with one attached hydrogen (secondary N) is 1. The molecule has 1 aliphatic heterocycles. The van der Waals surface area contributed by atoms with Crippen molar-refractivity contribution in [3.8, 4) is 0 Å². The molecule has 3 rings (SSSR count). The van der Waals surface area contributed by atoms with Crippen molar-refractivity contribution < 1.29 is 4.79 Å². The van der Waals surface area contributed by atoms with E-state index in [9.17, 15) is 4.79 Å². The number of piperidine rings is 1. The van der Waals surface area contributed by atoms with Crippen molar-refractivity contribution in [2.45, 2.75) is 25.9 Å². The third-order valence-corrected chi connectivity index (χ3v) is 4.85. The topological polar surface area (TPSA) is 45.2 Å². The minimum Gasteiger partial charge on any atom is -0.352 e. The summed E-state index contributed by atoms with van der Waals surface area (Å²) in [4.78, 5) is 19.1. The van der Waals surface area contributed by atoms with Gasteiger partial charge in [0.1, 0.15) is 0 Å². The maximum atomic E-state index is 12.4. The monoisotopic (exact) mass is 343 g/mol. The number of hydrogen-bond acceptors (Lipinski definition) is 3. The summed E-state index contributed by atoms with van der Waals surface area (Å²) in [6.45, 7) is 3.21. The van der Waals surface area contributed by atoms with Crippen LogP contribution in [0, 0.1) is 5.92 Å². The van der Waals surface area contributed by atoms with Crippen LogP contribution < -0.4 is 5.32 Å². The number of pyridine rings is 1. The zero-order chi connectivity index (χ0) is 16.8. The van der Waals surface area contributed by atoms with Gasteiger partial charge in [-0.05, 0) is 49.7 Å². The molecule has 0 atom stereocenters. The van der Waals surface area contributed by atoms with Gasteiger partial charge in [-0.25, -0.2) is 0 Å². The van der Waals surface area contributed by atoms with Crippen molar-refractivity contribution in [1.29, 1.82) is 0 Å². The van der Waals surface area contributed by atoms with Gasteiger partial charge in [0.15, 0.2) is 0 Å². The van der Waals surface area contributed by atoms with Gasteiger partial charge in [0, 0.05) is 30.2 Å². The minimum absolute atomic E-state index is 0.0903. The van der Waals surface area contributed by atoms with E-state index < -0.39 is 0 Å². The Morgan fingerprint density at radius 1 is 1.17 bits per heavy atom. The Morgan fingerprint density at radius 2 is 1.92 bits per heavy atom. The molecule has 1 aromatic heterocycles. The quantitative estimate of drug-likeness (QED) is 0.906. The maximum Gasteiger partial charge on any atom is 0.223 e. The average Bonchev–Trinajstić information content (AvgIpc) is 2.62. The number of likely N-dealkylation sites (tertiary alicyclic amines) is 1. The largest absolute Gasteiger partial charge is 0.352 e. The fourth-order valence-electron chi connectivity index (χ4n) is 3.04. The molecular weight excluding hydrogens is 322 g/mol. The first-order chi connectivity index (χ1) is 11.7. The predicted octanol–water partition coefficient (Wildman–Crippen LogP) is 3.26. The van der Waals surface area contributed by atoms with Crippen molar-refractivity contribution >= 4 is 17.5 Å². The molecule has 1 aliphatic rings. The van der Waals surface area contributed by atoms with E-state index in [0.717, 1.165) is 43.7 Å². The summed E-state index contributed by atoms with van der Waals surface area (Å²) in [5.74, 6) is 0.222. The number of nitrogens with zero attached hydrogens (tertiary/aromatic N) is 2. The highest BCUT2D eigenvalue weighted by atomic mass is 35.5. The molecule has 0 spiro atoms. The fourth-order valence-corrected chi connectivity index (χ4v) is 3.25. The number of carbonyl (C=O) groups excluding carboxylic acids is 1. The maximum absolute atomic E-state index is 12.4. The van der Waals surface area contributed by atoms with Crippen LogP contribution in [0.2, 0.25) is 5.02 Å². The number of hydrogen-bond donors (Lipinski definition) is 1. The van der Waals surface area contributed by atoms with Gasteiger partial charge in [-0.2, -0.15) is 0 Å². The average molecular weight is 344 g/mol. The highest BCUT2D eigenvalue weighted by molar-refractivity contribution is 6.31. The number of rotatable bonds is 5. The molecule has 0 saturated carbocycles. The molecule has 1 saturated heterocycles. The third kappa shape index (κ3) is 4.56. The number of benzene rings is 1. The number of halogens is 1. The van der Waals surface area contributed by atoms with E-state index in [2.05, 4.69) is 15.2 Å². The van der Waals surface area contributed by atoms with Crippen LogP contribution >= 0.6 is 11.6 Å². The Labute approximate surface area is 147 Å². The lowest BCUT2D eigenvalue weighted by Gasteiger charge is -2.31. The van der Waals surface area contributed by atoms with Crippen LogP contribution in [0.4, 0.5) is 0 Å². The Hall–Kier alpha value is -1.91. The van der Waals surface area contributed by atoms with Crippen LogP contribution in [0.3, 0.4) is 0 Å². The summed E-state index contributed by atoms with van der Waals surface area (Å²) >= 11 is 6.13. The molecule has 0 bridgehead atoms. The molecule has 1 aromatic carbocycles. The molecule has 4 nitrogen and oxygen atoms in total. The molecule has 24 heavy (non-hydrogen) atoms. The van der Waals surface area contributed by atoms with Crippen LogP contribution in [0.15, 0.2) is 48.7 Å². The number of amides is 1. The van der Waals surface area contributed by atoms with Crippen molar-refractivity contribution in [3.63, 3.8) is 0 Å². The third-order valence-electron chi connectivity index (χ3n) is 4.48. The predicted molar refractivity (Wildman–Crippen MR) is 95.5 cm³/mol. The van der Waals surface area contributed by atoms with E-state index >= 15 is 0 Å². The van der Waals surface area contributed by atoms with Gasteiger partial charge in [-0.1, -0.05) is 35.9 Å². The van der Waals surface area contributed by atoms with Crippen LogP contribution in [-0.4, -0.2) is 28.9 Å². The molecular formula is C19H22ClN3O. The van der Waals surface area contributed by atoms with Crippen LogP contribution in [0.25, 0.3) is 0 Å². The molecule has 1 N–H and O–H groups in total. The summed E-state index contributed by atoms with van der Waals surface area (Å²) in [6.07, 6.45) is 3.60. The fraction of sp³-hybridized carbons (Fsp3) is 0.368. The Morgan fingerprint density at radius 3 is 2.62 bits per heavy atom. The zero-order valence-electron chi connectivity index (χ0n) is 13.6. The van der Waals surface area contributed by atoms with E-state index in [-0.39, 0.29) is 11.8 Å². The van der Waals surface area contributed by atoms with Gasteiger partial charge in [-0.15, -0.1) is 0 Å². The normalized spacial score (nSPS) is 16.0. The van der Waals surface area contributed by atoms with Gasteiger partial charge < -0.3 is 5.32 Å². The SMILES string of the molecule is O=C(NCc1ccccc1Cl)C1CCN(Cc2ccccn2)CC1. The first kappa shape index (κ1) is 16.9. The second-order valence-electron chi connectivity index (χ2n) is 6.18. The Bertz CT molecular complexity index is 669. The molecule has 0 unspecified atom stereocenters. The molecule has 1 amide bonds. The van der Waals surface area contributed by atoms with Gasteiger partial charge in [0.2, 0.25) is 5.91 Å². The molecule has 126 valence electrons. The highest BCUT2D eigenvalue weighted by Gasteiger charge is 2.24. The zero-order valence-corrected chi connectivity index (χ0v) is 14.4. The molecule has 2 heterocycles. The molecule has 0 aliphatic carbocycles. The summed E-state index contributed by atoms with van der Waals surface area (Å²) in [7, 11) is 0. The van der Waals surface area contributed by atoms with Crippen molar-refractivity contribution in [2.75, 3.05) is 13.1 Å². The lowest BCUT2D eigenvalue weighted by atomic mass is 9.95. The van der Waals surface area contributed by atoms with Crippen molar-refractivity contribution in [2.24, 2.45) is 5.92 Å². The van der Waals surface area contributed by atoms with Crippen LogP contribution in [0.5, 0.6) is 0 Å². The summed E-state index contributed by atoms with van der Waals surface area (Å²) in [6, 6.07) is 13.6. The second kappa shape index (κ2) is 8.27. The minimum atomic E-state index is 0.0903. The van der Waals surface area contributed by atoms with E-state index in [1.165, 1.54) is 0 Å². The molecule has 2 aromatic rings. The van der Waals surface area contributed by atoms with Gasteiger partial charge in [0.05, 0.1) is 5.69 Å². The van der Waals surface area contributed by atoms with Gasteiger partial charge in [0.25, 0.3) is 0 Å². The molecule has 1 fully saturated rings. The second-order valence-corrected chi connectivity index (χ2v) is 6.59. The van der Waals surface area contributed by atoms with E-state index in [1.807, 2.05) is 48.7 Å². The Balaban J connectivity index is 1.44. The lowest BCUT2D eigenvalue weighted by Crippen LogP contribution is -2.40. The van der Waals surface area contributed by atoms with Gasteiger partial charge in [-0.3, -0.25) is 14.7 Å². The van der Waals surface area contributed by atoms with E-state index in [0.29, 0.717) is 11.6 Å². The summed E-state index contributed by atoms with van der Waals surface area (Å²) < 4.78 is 0. The van der Waals surface area contributed by atoms with E-state index in [1.54, 1.807) is 0 Å². The summed E-state index contributed by atoms with van der Waals surface area (Å²) in [5, 5.41) is 3.72.